The molecule has 0 aromatic heterocycles. The van der Waals surface area contributed by atoms with E-state index in [1.54, 1.807) is 0 Å². The maximum Gasteiger partial charge on any atom is 0.149 e. The molecular formula is C24H24N2S. The molecule has 0 spiro atoms. The lowest BCUT2D eigenvalue weighted by Crippen LogP contribution is -2.32. The Kier molecular flexibility index (Phi) is 4.13. The number of fused-ring (bicyclic) bond motifs is 1. The number of hydrogen-bond acceptors (Lipinski definition) is 3. The minimum atomic E-state index is 0.172. The van der Waals surface area contributed by atoms with Crippen LogP contribution in [0.1, 0.15) is 23.5 Å². The number of allylic oxidation sites excluding steroid dienone is 5. The van der Waals surface area contributed by atoms with Crippen molar-refractivity contribution in [3.63, 3.8) is 0 Å². The van der Waals surface area contributed by atoms with Crippen LogP contribution in [0, 0.1) is 18.3 Å². The molecule has 1 heterocycles. The summed E-state index contributed by atoms with van der Waals surface area (Å²) >= 11 is 1.83. The van der Waals surface area contributed by atoms with E-state index in [2.05, 4.69) is 102 Å². The largest absolute Gasteiger partial charge is 0.359 e. The van der Waals surface area contributed by atoms with E-state index in [1.807, 2.05) is 11.8 Å². The summed E-state index contributed by atoms with van der Waals surface area (Å²) in [4.78, 5) is 0. The molecule has 0 radical (unpaired) electrons. The van der Waals surface area contributed by atoms with Crippen molar-refractivity contribution < 1.29 is 0 Å². The Hall–Kier alpha value is -2.39. The van der Waals surface area contributed by atoms with Crippen molar-refractivity contribution >= 4 is 17.4 Å². The number of aryl methyl sites for hydroxylation is 1. The zero-order valence-electron chi connectivity index (χ0n) is 15.4. The number of rotatable bonds is 5. The van der Waals surface area contributed by atoms with Gasteiger partial charge in [-0.25, -0.2) is 0 Å². The van der Waals surface area contributed by atoms with Crippen LogP contribution in [-0.2, 0) is 0 Å². The first-order chi connectivity index (χ1) is 13.2. The van der Waals surface area contributed by atoms with E-state index in [0.717, 1.165) is 5.69 Å². The molecule has 1 saturated carbocycles. The van der Waals surface area contributed by atoms with E-state index in [0.29, 0.717) is 11.8 Å². The average Bonchev–Trinajstić information content (AvgIpc) is 3.27. The number of thioether (sulfide) groups is 1. The van der Waals surface area contributed by atoms with E-state index >= 15 is 0 Å². The van der Waals surface area contributed by atoms with Crippen LogP contribution in [0.4, 0.5) is 5.69 Å². The van der Waals surface area contributed by atoms with Crippen LogP contribution >= 0.6 is 11.8 Å². The number of nitrogens with one attached hydrogen (secondary N) is 2. The standard InChI is InChI=1S/C24H24N2S/c1-17-10-12-20(13-11-17)25-23-26-21(16-27-23)22(18-7-3-2-4-8-18)24-14-6-5-9-19(24)15-24/h2-14,16,19,22-23,25-26H,15H2,1H3. The lowest BCUT2D eigenvalue weighted by Gasteiger charge is -2.29. The third-order valence-corrected chi connectivity index (χ3v) is 6.82. The van der Waals surface area contributed by atoms with Gasteiger partial charge in [0.25, 0.3) is 0 Å². The summed E-state index contributed by atoms with van der Waals surface area (Å²) in [5.41, 5.74) is 5.57. The summed E-state index contributed by atoms with van der Waals surface area (Å²) in [5.74, 6) is 1.03. The Morgan fingerprint density at radius 3 is 2.67 bits per heavy atom. The van der Waals surface area contributed by atoms with E-state index < -0.39 is 0 Å². The van der Waals surface area contributed by atoms with Crippen molar-refractivity contribution in [3.8, 4) is 0 Å². The normalized spacial score (nSPS) is 28.9. The molecule has 5 rings (SSSR count). The van der Waals surface area contributed by atoms with Crippen molar-refractivity contribution in [1.29, 1.82) is 0 Å². The highest BCUT2D eigenvalue weighted by Crippen LogP contribution is 2.66. The van der Waals surface area contributed by atoms with E-state index in [9.17, 15) is 0 Å². The minimum absolute atomic E-state index is 0.172. The van der Waals surface area contributed by atoms with Crippen molar-refractivity contribution in [2.75, 3.05) is 5.32 Å². The van der Waals surface area contributed by atoms with Gasteiger partial charge in [0, 0.05) is 22.7 Å². The second-order valence-corrected chi connectivity index (χ2v) is 8.73. The van der Waals surface area contributed by atoms with Gasteiger partial charge in [0.05, 0.1) is 0 Å². The van der Waals surface area contributed by atoms with Gasteiger partial charge in [-0.1, -0.05) is 84.1 Å². The molecule has 3 aliphatic rings. The first-order valence-electron chi connectivity index (χ1n) is 9.61. The topological polar surface area (TPSA) is 24.1 Å². The number of anilines is 1. The monoisotopic (exact) mass is 372 g/mol. The van der Waals surface area contributed by atoms with Gasteiger partial charge >= 0.3 is 0 Å². The SMILES string of the molecule is Cc1ccc(NC2NC(C(c3ccccc3)C34C=CC=CC3C4)=CS2)cc1. The summed E-state index contributed by atoms with van der Waals surface area (Å²) < 4.78 is 0. The molecule has 2 nitrogen and oxygen atoms in total. The third-order valence-electron chi connectivity index (χ3n) is 5.92. The molecule has 4 atom stereocenters. The zero-order chi connectivity index (χ0) is 18.3. The maximum atomic E-state index is 3.76. The predicted molar refractivity (Wildman–Crippen MR) is 115 cm³/mol. The highest BCUT2D eigenvalue weighted by Gasteiger charge is 2.58. The number of hydrogen-bond donors (Lipinski definition) is 2. The molecule has 0 amide bonds. The summed E-state index contributed by atoms with van der Waals surface area (Å²) in [6, 6.07) is 19.6. The molecule has 1 aliphatic heterocycles. The van der Waals surface area contributed by atoms with Crippen molar-refractivity contribution in [2.45, 2.75) is 24.8 Å². The molecule has 2 aliphatic carbocycles. The third kappa shape index (κ3) is 3.10. The quantitative estimate of drug-likeness (QED) is 0.695. The van der Waals surface area contributed by atoms with Crippen molar-refractivity contribution in [1.82, 2.24) is 5.32 Å². The Balaban J connectivity index is 1.38. The summed E-state index contributed by atoms with van der Waals surface area (Å²) in [7, 11) is 0. The molecule has 2 aromatic carbocycles. The highest BCUT2D eigenvalue weighted by atomic mass is 32.2. The molecule has 0 saturated heterocycles. The lowest BCUT2D eigenvalue weighted by molar-refractivity contribution is 0.494. The summed E-state index contributed by atoms with van der Waals surface area (Å²) in [6.07, 6.45) is 10.5. The van der Waals surface area contributed by atoms with Gasteiger partial charge in [-0.2, -0.15) is 0 Å². The van der Waals surface area contributed by atoms with Gasteiger partial charge in [-0.3, -0.25) is 0 Å². The summed E-state index contributed by atoms with van der Waals surface area (Å²) in [5, 5.41) is 9.68. The average molecular weight is 373 g/mol. The van der Waals surface area contributed by atoms with Crippen LogP contribution in [0.2, 0.25) is 0 Å². The van der Waals surface area contributed by atoms with Crippen LogP contribution in [0.5, 0.6) is 0 Å². The second-order valence-electron chi connectivity index (χ2n) is 7.75. The Bertz CT molecular complexity index is 913. The van der Waals surface area contributed by atoms with Crippen LogP contribution in [-0.4, -0.2) is 5.50 Å². The molecule has 4 unspecified atom stereocenters. The van der Waals surface area contributed by atoms with Gasteiger partial charge in [0.2, 0.25) is 0 Å². The zero-order valence-corrected chi connectivity index (χ0v) is 16.2. The maximum absolute atomic E-state index is 3.76. The minimum Gasteiger partial charge on any atom is -0.359 e. The van der Waals surface area contributed by atoms with Crippen LogP contribution in [0.25, 0.3) is 0 Å². The fourth-order valence-electron chi connectivity index (χ4n) is 4.43. The van der Waals surface area contributed by atoms with Crippen LogP contribution < -0.4 is 10.6 Å². The van der Waals surface area contributed by atoms with E-state index in [1.165, 1.54) is 23.2 Å². The Labute approximate surface area is 165 Å². The Morgan fingerprint density at radius 2 is 1.89 bits per heavy atom. The fourth-order valence-corrected chi connectivity index (χ4v) is 5.33. The molecule has 2 N–H and O–H groups in total. The lowest BCUT2D eigenvalue weighted by atomic mass is 9.78. The van der Waals surface area contributed by atoms with E-state index in [4.69, 9.17) is 0 Å². The predicted octanol–water partition coefficient (Wildman–Crippen LogP) is 5.78. The molecule has 3 heteroatoms. The van der Waals surface area contributed by atoms with Gasteiger partial charge < -0.3 is 10.6 Å². The van der Waals surface area contributed by atoms with Gasteiger partial charge in [-0.05, 0) is 42.4 Å². The first kappa shape index (κ1) is 16.8. The molecule has 27 heavy (non-hydrogen) atoms. The fraction of sp³-hybridized carbons (Fsp3) is 0.250. The first-order valence-corrected chi connectivity index (χ1v) is 10.6. The van der Waals surface area contributed by atoms with Gasteiger partial charge in [0.1, 0.15) is 5.50 Å². The smallest absolute Gasteiger partial charge is 0.149 e. The summed E-state index contributed by atoms with van der Waals surface area (Å²) in [6.45, 7) is 2.12. The van der Waals surface area contributed by atoms with E-state index in [-0.39, 0.29) is 10.9 Å². The van der Waals surface area contributed by atoms with Gasteiger partial charge in [0.15, 0.2) is 0 Å². The number of benzene rings is 2. The molecule has 0 bridgehead atoms. The highest BCUT2D eigenvalue weighted by molar-refractivity contribution is 8.03. The Morgan fingerprint density at radius 1 is 1.07 bits per heavy atom. The van der Waals surface area contributed by atoms with Crippen molar-refractivity contribution in [2.24, 2.45) is 11.3 Å². The molecule has 2 aromatic rings. The van der Waals surface area contributed by atoms with Crippen LogP contribution in [0.15, 0.2) is 90.0 Å². The molecule has 136 valence electrons. The molecule has 1 fully saturated rings. The van der Waals surface area contributed by atoms with Crippen LogP contribution in [0.3, 0.4) is 0 Å². The van der Waals surface area contributed by atoms with Crippen molar-refractivity contribution in [3.05, 3.63) is 101 Å². The molecular weight excluding hydrogens is 348 g/mol. The van der Waals surface area contributed by atoms with Gasteiger partial charge in [-0.15, -0.1) is 0 Å². The second kappa shape index (κ2) is 6.65.